The van der Waals surface area contributed by atoms with E-state index in [-0.39, 0.29) is 24.8 Å². The van der Waals surface area contributed by atoms with Crippen molar-refractivity contribution >= 4 is 11.9 Å². The molecule has 0 N–H and O–H groups in total. The molecule has 0 aliphatic carbocycles. The van der Waals surface area contributed by atoms with Gasteiger partial charge in [-0.05, 0) is 61.4 Å². The summed E-state index contributed by atoms with van der Waals surface area (Å²) in [6.07, 6.45) is 9.64. The normalized spacial score (nSPS) is 11.2. The van der Waals surface area contributed by atoms with Crippen molar-refractivity contribution in [2.75, 3.05) is 0 Å². The molecule has 0 atom stereocenters. The predicted molar refractivity (Wildman–Crippen MR) is 125 cm³/mol. The van der Waals surface area contributed by atoms with Gasteiger partial charge in [-0.25, -0.2) is 0 Å². The molecule has 0 saturated heterocycles. The molecule has 0 aliphatic heterocycles. The van der Waals surface area contributed by atoms with E-state index in [9.17, 15) is 9.59 Å². The number of nitrogens with zero attached hydrogens (tertiary/aromatic N) is 2. The van der Waals surface area contributed by atoms with Gasteiger partial charge in [0.25, 0.3) is 0 Å². The maximum atomic E-state index is 11.8. The molecule has 0 unspecified atom stereocenters. The van der Waals surface area contributed by atoms with Gasteiger partial charge in [-0.15, -0.1) is 10.2 Å². The molecule has 2 aromatic carbocycles. The van der Waals surface area contributed by atoms with E-state index in [0.29, 0.717) is 34.4 Å². The Labute approximate surface area is 192 Å². The Morgan fingerprint density at radius 2 is 1.09 bits per heavy atom. The van der Waals surface area contributed by atoms with Gasteiger partial charge in [-0.1, -0.05) is 38.2 Å². The van der Waals surface area contributed by atoms with E-state index >= 15 is 0 Å². The molecule has 170 valence electrons. The maximum absolute atomic E-state index is 11.8. The Hall–Kier alpha value is -4.00. The second kappa shape index (κ2) is 12.1. The highest BCUT2D eigenvalue weighted by Crippen LogP contribution is 2.27. The zero-order valence-electron chi connectivity index (χ0n) is 18.7. The van der Waals surface area contributed by atoms with Crippen LogP contribution in [0.5, 0.6) is 11.5 Å². The number of aromatic nitrogens is 2. The third kappa shape index (κ3) is 7.28. The third-order valence-electron chi connectivity index (χ3n) is 4.46. The summed E-state index contributed by atoms with van der Waals surface area (Å²) in [6, 6.07) is 13.7. The standard InChI is InChI=1S/C26H26N2O5/c1-3-5-7-9-23(29)31-21-15-11-19(12-16-21)25-27-28-26(33-25)20-13-17-22(18-14-20)32-24(30)10-8-6-4-2/h5-8,11-18H,3-4,9-10H2,1-2H3/b7-5-,8-6-. The first-order chi connectivity index (χ1) is 16.1. The minimum Gasteiger partial charge on any atom is -0.426 e. The molecule has 0 fully saturated rings. The SMILES string of the molecule is CC/C=C\CC(=O)Oc1ccc(-c2nnc(-c3ccc(OC(=O)C/C=C\CC)cc3)o2)cc1. The highest BCUT2D eigenvalue weighted by Gasteiger charge is 2.12. The lowest BCUT2D eigenvalue weighted by molar-refractivity contribution is -0.134. The van der Waals surface area contributed by atoms with Crippen molar-refractivity contribution in [3.05, 3.63) is 72.8 Å². The molecule has 0 amide bonds. The molecule has 3 rings (SSSR count). The summed E-state index contributed by atoms with van der Waals surface area (Å²) >= 11 is 0. The van der Waals surface area contributed by atoms with Crippen LogP contribution in [0, 0.1) is 0 Å². The van der Waals surface area contributed by atoms with E-state index in [1.165, 1.54) is 0 Å². The first kappa shape index (κ1) is 23.7. The van der Waals surface area contributed by atoms with Gasteiger partial charge in [0.1, 0.15) is 11.5 Å². The quantitative estimate of drug-likeness (QED) is 0.217. The van der Waals surface area contributed by atoms with Crippen molar-refractivity contribution < 1.29 is 23.5 Å². The molecule has 0 bridgehead atoms. The van der Waals surface area contributed by atoms with Gasteiger partial charge < -0.3 is 13.9 Å². The van der Waals surface area contributed by atoms with Crippen LogP contribution in [0.15, 0.2) is 77.3 Å². The van der Waals surface area contributed by atoms with Crippen LogP contribution in [-0.2, 0) is 9.59 Å². The molecule has 0 spiro atoms. The van der Waals surface area contributed by atoms with Crippen LogP contribution in [-0.4, -0.2) is 22.1 Å². The minimum absolute atomic E-state index is 0.233. The second-order valence-electron chi connectivity index (χ2n) is 7.08. The van der Waals surface area contributed by atoms with E-state index in [4.69, 9.17) is 13.9 Å². The molecule has 33 heavy (non-hydrogen) atoms. The van der Waals surface area contributed by atoms with Crippen LogP contribution in [0.3, 0.4) is 0 Å². The summed E-state index contributed by atoms with van der Waals surface area (Å²) in [7, 11) is 0. The first-order valence-electron chi connectivity index (χ1n) is 10.8. The van der Waals surface area contributed by atoms with Gasteiger partial charge in [-0.3, -0.25) is 9.59 Å². The molecule has 7 heteroatoms. The fourth-order valence-electron chi connectivity index (χ4n) is 2.83. The van der Waals surface area contributed by atoms with E-state index in [1.807, 2.05) is 26.0 Å². The second-order valence-corrected chi connectivity index (χ2v) is 7.08. The van der Waals surface area contributed by atoms with E-state index in [1.54, 1.807) is 60.7 Å². The molecular weight excluding hydrogens is 420 g/mol. The zero-order chi connectivity index (χ0) is 23.5. The molecule has 7 nitrogen and oxygen atoms in total. The molecule has 1 heterocycles. The van der Waals surface area contributed by atoms with Crippen molar-refractivity contribution in [2.24, 2.45) is 0 Å². The van der Waals surface area contributed by atoms with Crippen LogP contribution in [0.2, 0.25) is 0 Å². The number of hydrogen-bond donors (Lipinski definition) is 0. The Morgan fingerprint density at radius 1 is 0.697 bits per heavy atom. The average Bonchev–Trinajstić information content (AvgIpc) is 3.31. The molecule has 0 aliphatic rings. The van der Waals surface area contributed by atoms with E-state index < -0.39 is 0 Å². The van der Waals surface area contributed by atoms with Gasteiger partial charge in [0, 0.05) is 11.1 Å². The molecule has 0 radical (unpaired) electrons. The van der Waals surface area contributed by atoms with Crippen molar-refractivity contribution in [1.82, 2.24) is 10.2 Å². The lowest BCUT2D eigenvalue weighted by Crippen LogP contribution is -2.05. The molecule has 1 aromatic heterocycles. The fourth-order valence-corrected chi connectivity index (χ4v) is 2.83. The minimum atomic E-state index is -0.320. The topological polar surface area (TPSA) is 91.5 Å². The van der Waals surface area contributed by atoms with Crippen LogP contribution in [0.1, 0.15) is 39.5 Å². The van der Waals surface area contributed by atoms with Crippen LogP contribution in [0.4, 0.5) is 0 Å². The summed E-state index contributed by atoms with van der Waals surface area (Å²) in [5, 5.41) is 8.18. The monoisotopic (exact) mass is 446 g/mol. The molecular formula is C26H26N2O5. The van der Waals surface area contributed by atoms with E-state index in [2.05, 4.69) is 10.2 Å². The number of carbonyl (C=O) groups excluding carboxylic acids is 2. The van der Waals surface area contributed by atoms with Crippen LogP contribution >= 0.6 is 0 Å². The lowest BCUT2D eigenvalue weighted by Gasteiger charge is -2.03. The Bertz CT molecular complexity index is 1020. The third-order valence-corrected chi connectivity index (χ3v) is 4.46. The number of carbonyl (C=O) groups is 2. The lowest BCUT2D eigenvalue weighted by atomic mass is 10.2. The summed E-state index contributed by atoms with van der Waals surface area (Å²) in [5.41, 5.74) is 1.40. The summed E-state index contributed by atoms with van der Waals surface area (Å²) in [6.45, 7) is 4.01. The van der Waals surface area contributed by atoms with Crippen LogP contribution < -0.4 is 9.47 Å². The Morgan fingerprint density at radius 3 is 1.45 bits per heavy atom. The van der Waals surface area contributed by atoms with Gasteiger partial charge in [0.05, 0.1) is 12.8 Å². The highest BCUT2D eigenvalue weighted by molar-refractivity contribution is 5.74. The van der Waals surface area contributed by atoms with Crippen LogP contribution in [0.25, 0.3) is 22.9 Å². The largest absolute Gasteiger partial charge is 0.426 e. The molecule has 3 aromatic rings. The predicted octanol–water partition coefficient (Wildman–Crippen LogP) is 5.93. The van der Waals surface area contributed by atoms with E-state index in [0.717, 1.165) is 12.8 Å². The Balaban J connectivity index is 1.60. The number of esters is 2. The number of hydrogen-bond acceptors (Lipinski definition) is 7. The fraction of sp³-hybridized carbons (Fsp3) is 0.231. The first-order valence-corrected chi connectivity index (χ1v) is 10.8. The van der Waals surface area contributed by atoms with Gasteiger partial charge in [0.15, 0.2) is 0 Å². The average molecular weight is 447 g/mol. The highest BCUT2D eigenvalue weighted by atomic mass is 16.5. The summed E-state index contributed by atoms with van der Waals surface area (Å²) in [5.74, 6) is 0.935. The van der Waals surface area contributed by atoms with Crippen molar-refractivity contribution in [3.8, 4) is 34.4 Å². The number of ether oxygens (including phenoxy) is 2. The van der Waals surface area contributed by atoms with Crippen molar-refractivity contribution in [1.29, 1.82) is 0 Å². The smallest absolute Gasteiger partial charge is 0.315 e. The maximum Gasteiger partial charge on any atom is 0.315 e. The Kier molecular flexibility index (Phi) is 8.71. The van der Waals surface area contributed by atoms with Gasteiger partial charge in [0.2, 0.25) is 11.8 Å². The van der Waals surface area contributed by atoms with Crippen molar-refractivity contribution in [2.45, 2.75) is 39.5 Å². The zero-order valence-corrected chi connectivity index (χ0v) is 18.7. The van der Waals surface area contributed by atoms with Gasteiger partial charge in [-0.2, -0.15) is 0 Å². The van der Waals surface area contributed by atoms with Crippen molar-refractivity contribution in [3.63, 3.8) is 0 Å². The number of rotatable bonds is 10. The number of allylic oxidation sites excluding steroid dienone is 2. The molecule has 0 saturated carbocycles. The summed E-state index contributed by atoms with van der Waals surface area (Å²) < 4.78 is 16.4. The number of benzene rings is 2. The van der Waals surface area contributed by atoms with Gasteiger partial charge >= 0.3 is 11.9 Å². The summed E-state index contributed by atoms with van der Waals surface area (Å²) in [4.78, 5) is 23.6.